The highest BCUT2D eigenvalue weighted by molar-refractivity contribution is 7.99. The van der Waals surface area contributed by atoms with E-state index in [1.54, 1.807) is 22.8 Å². The van der Waals surface area contributed by atoms with E-state index >= 15 is 0 Å². The molecule has 1 fully saturated rings. The van der Waals surface area contributed by atoms with Gasteiger partial charge in [-0.15, -0.1) is 11.8 Å². The molecule has 2 aliphatic rings. The molecular formula is C22H24FN3OS. The number of amides is 1. The van der Waals surface area contributed by atoms with Crippen LogP contribution in [0, 0.1) is 12.7 Å². The van der Waals surface area contributed by atoms with Crippen molar-refractivity contribution < 1.29 is 9.18 Å². The number of nitrogens with one attached hydrogen (secondary N) is 2. The number of hydrazine groups is 1. The first-order chi connectivity index (χ1) is 13.5. The number of aryl methyl sites for hydroxylation is 1. The molecule has 0 radical (unpaired) electrons. The van der Waals surface area contributed by atoms with Gasteiger partial charge in [0, 0.05) is 34.4 Å². The smallest absolute Gasteiger partial charge is 0.264 e. The summed E-state index contributed by atoms with van der Waals surface area (Å²) in [6.07, 6.45) is 2.36. The molecule has 0 aliphatic carbocycles. The topological polar surface area (TPSA) is 44.4 Å². The SMILES string of the molecule is CCC1NN2C(=O)C=C(CSc3ccc(C)cc3)NC2C1c1ccc(F)cc1. The summed E-state index contributed by atoms with van der Waals surface area (Å²) in [5, 5.41) is 5.23. The van der Waals surface area contributed by atoms with Gasteiger partial charge >= 0.3 is 0 Å². The predicted molar refractivity (Wildman–Crippen MR) is 110 cm³/mol. The quantitative estimate of drug-likeness (QED) is 0.750. The Morgan fingerprint density at radius 1 is 1.11 bits per heavy atom. The number of carbonyl (C=O) groups is 1. The van der Waals surface area contributed by atoms with Gasteiger partial charge in [-0.25, -0.2) is 9.82 Å². The zero-order valence-electron chi connectivity index (χ0n) is 16.0. The first-order valence-corrected chi connectivity index (χ1v) is 10.5. The largest absolute Gasteiger partial charge is 0.366 e. The van der Waals surface area contributed by atoms with Crippen molar-refractivity contribution in [1.29, 1.82) is 0 Å². The van der Waals surface area contributed by atoms with Crippen LogP contribution in [0.15, 0.2) is 65.2 Å². The Hall–Kier alpha value is -2.31. The van der Waals surface area contributed by atoms with Crippen LogP contribution in [0.1, 0.15) is 30.4 Å². The molecule has 3 atom stereocenters. The Bertz CT molecular complexity index is 882. The molecule has 6 heteroatoms. The number of thioether (sulfide) groups is 1. The van der Waals surface area contributed by atoms with Crippen molar-refractivity contribution in [1.82, 2.24) is 15.8 Å². The fourth-order valence-electron chi connectivity index (χ4n) is 3.85. The Morgan fingerprint density at radius 3 is 2.50 bits per heavy atom. The third kappa shape index (κ3) is 3.80. The lowest BCUT2D eigenvalue weighted by molar-refractivity contribution is -0.131. The van der Waals surface area contributed by atoms with Crippen molar-refractivity contribution in [3.05, 3.63) is 77.2 Å². The normalized spacial score (nSPS) is 24.0. The summed E-state index contributed by atoms with van der Waals surface area (Å²) in [6.45, 7) is 4.17. The lowest BCUT2D eigenvalue weighted by Gasteiger charge is -2.33. The molecule has 4 rings (SSSR count). The Kier molecular flexibility index (Phi) is 5.42. The number of halogens is 1. The van der Waals surface area contributed by atoms with Gasteiger partial charge < -0.3 is 5.32 Å². The van der Waals surface area contributed by atoms with Gasteiger partial charge in [0.25, 0.3) is 5.91 Å². The van der Waals surface area contributed by atoms with Crippen LogP contribution in [0.2, 0.25) is 0 Å². The van der Waals surface area contributed by atoms with Crippen LogP contribution in [-0.2, 0) is 4.79 Å². The summed E-state index contributed by atoms with van der Waals surface area (Å²) in [4.78, 5) is 13.9. The van der Waals surface area contributed by atoms with Crippen LogP contribution in [0.25, 0.3) is 0 Å². The summed E-state index contributed by atoms with van der Waals surface area (Å²) in [5.74, 6) is 0.475. The maximum atomic E-state index is 13.4. The molecular weight excluding hydrogens is 373 g/mol. The molecule has 146 valence electrons. The van der Waals surface area contributed by atoms with Gasteiger partial charge in [0.1, 0.15) is 12.0 Å². The second kappa shape index (κ2) is 7.97. The van der Waals surface area contributed by atoms with Crippen molar-refractivity contribution in [2.24, 2.45) is 0 Å². The van der Waals surface area contributed by atoms with Gasteiger partial charge in [-0.1, -0.05) is 36.8 Å². The zero-order valence-corrected chi connectivity index (χ0v) is 16.8. The molecule has 0 saturated carbocycles. The van der Waals surface area contributed by atoms with Crippen LogP contribution in [0.3, 0.4) is 0 Å². The van der Waals surface area contributed by atoms with E-state index in [1.165, 1.54) is 22.6 Å². The van der Waals surface area contributed by atoms with Crippen molar-refractivity contribution in [2.75, 3.05) is 5.75 Å². The van der Waals surface area contributed by atoms with Gasteiger partial charge in [0.05, 0.1) is 0 Å². The number of rotatable bonds is 5. The second-order valence-electron chi connectivity index (χ2n) is 7.29. The molecule has 0 bridgehead atoms. The van der Waals surface area contributed by atoms with E-state index in [0.717, 1.165) is 17.7 Å². The first-order valence-electron chi connectivity index (χ1n) is 9.56. The standard InChI is InChI=1S/C22H24FN3OS/c1-3-19-21(15-6-8-16(23)9-7-15)22-24-17(12-20(27)26(22)25-19)13-28-18-10-4-14(2)5-11-18/h4-12,19,21-22,24-25H,3,13H2,1-2H3. The van der Waals surface area contributed by atoms with Gasteiger partial charge in [-0.3, -0.25) is 9.80 Å². The lowest BCUT2D eigenvalue weighted by Crippen LogP contribution is -2.53. The minimum absolute atomic E-state index is 0.0358. The molecule has 2 aromatic carbocycles. The molecule has 1 saturated heterocycles. The van der Waals surface area contributed by atoms with E-state index in [-0.39, 0.29) is 29.8 Å². The van der Waals surface area contributed by atoms with Crippen LogP contribution in [-0.4, -0.2) is 28.9 Å². The van der Waals surface area contributed by atoms with Gasteiger partial charge in [-0.05, 0) is 43.2 Å². The van der Waals surface area contributed by atoms with Crippen molar-refractivity contribution in [2.45, 2.75) is 43.3 Å². The Morgan fingerprint density at radius 2 is 1.82 bits per heavy atom. The van der Waals surface area contributed by atoms with Gasteiger partial charge in [-0.2, -0.15) is 0 Å². The monoisotopic (exact) mass is 397 g/mol. The Labute approximate surface area is 169 Å². The number of carbonyl (C=O) groups excluding carboxylic acids is 1. The summed E-state index contributed by atoms with van der Waals surface area (Å²) in [5.41, 5.74) is 6.51. The lowest BCUT2D eigenvalue weighted by atomic mass is 9.88. The van der Waals surface area contributed by atoms with Gasteiger partial charge in [0.2, 0.25) is 0 Å². The number of nitrogens with zero attached hydrogens (tertiary/aromatic N) is 1. The molecule has 0 spiro atoms. The molecule has 1 amide bonds. The molecule has 3 unspecified atom stereocenters. The molecule has 2 N–H and O–H groups in total. The zero-order chi connectivity index (χ0) is 19.7. The summed E-state index contributed by atoms with van der Waals surface area (Å²) in [7, 11) is 0. The molecule has 4 nitrogen and oxygen atoms in total. The summed E-state index contributed by atoms with van der Waals surface area (Å²) in [6, 6.07) is 15.1. The third-order valence-corrected chi connectivity index (χ3v) is 6.40. The predicted octanol–water partition coefficient (Wildman–Crippen LogP) is 3.95. The number of benzene rings is 2. The maximum absolute atomic E-state index is 13.4. The fourth-order valence-corrected chi connectivity index (χ4v) is 4.67. The van der Waals surface area contributed by atoms with E-state index in [1.807, 2.05) is 12.1 Å². The van der Waals surface area contributed by atoms with E-state index < -0.39 is 0 Å². The summed E-state index contributed by atoms with van der Waals surface area (Å²) >= 11 is 1.71. The molecule has 2 aromatic rings. The van der Waals surface area contributed by atoms with Crippen LogP contribution in [0.5, 0.6) is 0 Å². The minimum atomic E-state index is -0.248. The van der Waals surface area contributed by atoms with E-state index in [4.69, 9.17) is 0 Å². The molecule has 2 heterocycles. The van der Waals surface area contributed by atoms with Crippen LogP contribution < -0.4 is 10.7 Å². The Balaban J connectivity index is 1.53. The van der Waals surface area contributed by atoms with E-state index in [2.05, 4.69) is 48.9 Å². The fraction of sp³-hybridized carbons (Fsp3) is 0.318. The second-order valence-corrected chi connectivity index (χ2v) is 8.34. The number of fused-ring (bicyclic) bond motifs is 1. The third-order valence-electron chi connectivity index (χ3n) is 5.34. The minimum Gasteiger partial charge on any atom is -0.366 e. The van der Waals surface area contributed by atoms with Gasteiger partial charge in [0.15, 0.2) is 0 Å². The molecule has 2 aliphatic heterocycles. The van der Waals surface area contributed by atoms with Crippen LogP contribution in [0.4, 0.5) is 4.39 Å². The highest BCUT2D eigenvalue weighted by atomic mass is 32.2. The highest BCUT2D eigenvalue weighted by Crippen LogP contribution is 2.35. The molecule has 28 heavy (non-hydrogen) atoms. The average molecular weight is 398 g/mol. The average Bonchev–Trinajstić information content (AvgIpc) is 3.07. The summed E-state index contributed by atoms with van der Waals surface area (Å²) < 4.78 is 13.4. The first kappa shape index (κ1) is 19.0. The molecule has 0 aromatic heterocycles. The number of hydrogen-bond acceptors (Lipinski definition) is 4. The number of hydrogen-bond donors (Lipinski definition) is 2. The van der Waals surface area contributed by atoms with Crippen molar-refractivity contribution >= 4 is 17.7 Å². The van der Waals surface area contributed by atoms with E-state index in [0.29, 0.717) is 5.75 Å². The van der Waals surface area contributed by atoms with E-state index in [9.17, 15) is 9.18 Å². The van der Waals surface area contributed by atoms with Crippen molar-refractivity contribution in [3.8, 4) is 0 Å². The highest BCUT2D eigenvalue weighted by Gasteiger charge is 2.45. The van der Waals surface area contributed by atoms with Crippen LogP contribution >= 0.6 is 11.8 Å². The maximum Gasteiger partial charge on any atom is 0.264 e. The van der Waals surface area contributed by atoms with Crippen molar-refractivity contribution in [3.63, 3.8) is 0 Å².